The minimum Gasteiger partial charge on any atom is -0.373 e. The summed E-state index contributed by atoms with van der Waals surface area (Å²) in [4.78, 5) is 0. The molecule has 16 heavy (non-hydrogen) atoms. The van der Waals surface area contributed by atoms with E-state index in [1.807, 2.05) is 0 Å². The molecule has 1 nitrogen and oxygen atoms in total. The second kappa shape index (κ2) is 3.45. The molecule has 0 bridgehead atoms. The van der Waals surface area contributed by atoms with Crippen molar-refractivity contribution in [1.29, 1.82) is 0 Å². The van der Waals surface area contributed by atoms with Crippen LogP contribution in [-0.2, 0) is 16.5 Å². The van der Waals surface area contributed by atoms with Gasteiger partial charge < -0.3 is 4.74 Å². The van der Waals surface area contributed by atoms with Crippen LogP contribution in [-0.4, -0.2) is 7.11 Å². The fraction of sp³-hybridized carbons (Fsp3) is 0.455. The normalized spacial score (nSPS) is 18.6. The van der Waals surface area contributed by atoms with E-state index in [1.165, 1.54) is 7.11 Å². The van der Waals surface area contributed by atoms with Crippen LogP contribution in [0.3, 0.4) is 0 Å². The van der Waals surface area contributed by atoms with Crippen LogP contribution in [0.5, 0.6) is 0 Å². The molecule has 0 radical (unpaired) electrons. The Balaban J connectivity index is 2.38. The summed E-state index contributed by atoms with van der Waals surface area (Å²) in [6, 6.07) is 2.57. The second-order valence-electron chi connectivity index (χ2n) is 3.89. The van der Waals surface area contributed by atoms with Gasteiger partial charge in [0.1, 0.15) is 5.82 Å². The van der Waals surface area contributed by atoms with Gasteiger partial charge in [0.25, 0.3) is 0 Å². The molecule has 1 aromatic carbocycles. The summed E-state index contributed by atoms with van der Waals surface area (Å²) in [6.45, 7) is 0. The largest absolute Gasteiger partial charge is 0.416 e. The Morgan fingerprint density at radius 2 is 1.88 bits per heavy atom. The van der Waals surface area contributed by atoms with E-state index < -0.39 is 23.2 Å². The molecule has 0 heterocycles. The topological polar surface area (TPSA) is 9.23 Å². The van der Waals surface area contributed by atoms with Gasteiger partial charge in [-0.3, -0.25) is 0 Å². The Labute approximate surface area is 90.0 Å². The van der Waals surface area contributed by atoms with E-state index in [0.29, 0.717) is 18.9 Å². The molecule has 5 heteroatoms. The molecule has 1 saturated carbocycles. The summed E-state index contributed by atoms with van der Waals surface area (Å²) in [6.07, 6.45) is -3.22. The van der Waals surface area contributed by atoms with Gasteiger partial charge in [-0.15, -0.1) is 0 Å². The highest BCUT2D eigenvalue weighted by molar-refractivity contribution is 5.33. The number of hydrogen-bond donors (Lipinski definition) is 0. The van der Waals surface area contributed by atoms with Gasteiger partial charge in [0.15, 0.2) is 0 Å². The molecular weight excluding hydrogens is 224 g/mol. The fourth-order valence-electron chi connectivity index (χ4n) is 1.76. The quantitative estimate of drug-likeness (QED) is 0.712. The van der Waals surface area contributed by atoms with Crippen molar-refractivity contribution in [2.75, 3.05) is 7.11 Å². The van der Waals surface area contributed by atoms with Crippen molar-refractivity contribution in [3.63, 3.8) is 0 Å². The molecule has 0 spiro atoms. The molecule has 1 aliphatic carbocycles. The fourth-order valence-corrected chi connectivity index (χ4v) is 1.76. The van der Waals surface area contributed by atoms with E-state index >= 15 is 0 Å². The second-order valence-corrected chi connectivity index (χ2v) is 3.89. The number of alkyl halides is 3. The summed E-state index contributed by atoms with van der Waals surface area (Å²) in [5, 5.41) is 0. The lowest BCUT2D eigenvalue weighted by molar-refractivity contribution is -0.137. The van der Waals surface area contributed by atoms with Crippen molar-refractivity contribution in [2.24, 2.45) is 0 Å². The van der Waals surface area contributed by atoms with Crippen molar-refractivity contribution in [1.82, 2.24) is 0 Å². The predicted molar refractivity (Wildman–Crippen MR) is 49.3 cm³/mol. The highest BCUT2D eigenvalue weighted by Crippen LogP contribution is 2.50. The van der Waals surface area contributed by atoms with Gasteiger partial charge in [-0.25, -0.2) is 4.39 Å². The monoisotopic (exact) mass is 234 g/mol. The molecule has 1 aromatic rings. The number of benzene rings is 1. The minimum absolute atomic E-state index is 0.211. The molecule has 0 aromatic heterocycles. The van der Waals surface area contributed by atoms with Crippen LogP contribution in [0.25, 0.3) is 0 Å². The zero-order valence-corrected chi connectivity index (χ0v) is 8.57. The number of methoxy groups -OCH3 is 1. The molecule has 0 amide bonds. The Morgan fingerprint density at radius 3 is 2.25 bits per heavy atom. The molecule has 88 valence electrons. The SMILES string of the molecule is COC1(c2ccc(C(F)(F)F)cc2F)CC1. The molecule has 0 saturated heterocycles. The summed E-state index contributed by atoms with van der Waals surface area (Å²) in [5.41, 5.74) is -1.46. The maximum Gasteiger partial charge on any atom is 0.416 e. The Bertz CT molecular complexity index is 407. The first-order valence-electron chi connectivity index (χ1n) is 4.81. The Kier molecular flexibility index (Phi) is 2.45. The van der Waals surface area contributed by atoms with Crippen LogP contribution in [0.2, 0.25) is 0 Å². The number of hydrogen-bond acceptors (Lipinski definition) is 1. The van der Waals surface area contributed by atoms with Gasteiger partial charge in [0.05, 0.1) is 11.2 Å². The summed E-state index contributed by atoms with van der Waals surface area (Å²) >= 11 is 0. The zero-order chi connectivity index (χ0) is 12.0. The molecule has 0 aliphatic heterocycles. The molecule has 1 fully saturated rings. The van der Waals surface area contributed by atoms with Crippen molar-refractivity contribution >= 4 is 0 Å². The molecule has 0 atom stereocenters. The summed E-state index contributed by atoms with van der Waals surface area (Å²) < 4.78 is 55.5. The van der Waals surface area contributed by atoms with E-state index in [9.17, 15) is 17.6 Å². The lowest BCUT2D eigenvalue weighted by atomic mass is 10.0. The van der Waals surface area contributed by atoms with E-state index in [0.717, 1.165) is 12.1 Å². The summed E-state index contributed by atoms with van der Waals surface area (Å²) in [5.74, 6) is -0.853. The van der Waals surface area contributed by atoms with Gasteiger partial charge in [-0.2, -0.15) is 13.2 Å². The minimum atomic E-state index is -4.51. The smallest absolute Gasteiger partial charge is 0.373 e. The summed E-state index contributed by atoms with van der Waals surface area (Å²) in [7, 11) is 1.43. The predicted octanol–water partition coefficient (Wildman–Crippen LogP) is 3.48. The Morgan fingerprint density at radius 1 is 1.25 bits per heavy atom. The third-order valence-electron chi connectivity index (χ3n) is 2.88. The molecule has 1 aliphatic rings. The Hall–Kier alpha value is -1.10. The number of halogens is 4. The highest BCUT2D eigenvalue weighted by Gasteiger charge is 2.47. The van der Waals surface area contributed by atoms with Gasteiger partial charge in [0, 0.05) is 12.7 Å². The van der Waals surface area contributed by atoms with E-state index in [-0.39, 0.29) is 5.56 Å². The lowest BCUT2D eigenvalue weighted by Crippen LogP contribution is -2.13. The van der Waals surface area contributed by atoms with Gasteiger partial charge in [0.2, 0.25) is 0 Å². The van der Waals surface area contributed by atoms with Gasteiger partial charge in [-0.05, 0) is 25.0 Å². The van der Waals surface area contributed by atoms with Crippen molar-refractivity contribution < 1.29 is 22.3 Å². The van der Waals surface area contributed by atoms with Crippen molar-refractivity contribution in [3.05, 3.63) is 35.1 Å². The van der Waals surface area contributed by atoms with Crippen LogP contribution in [0, 0.1) is 5.82 Å². The third-order valence-corrected chi connectivity index (χ3v) is 2.88. The maximum absolute atomic E-state index is 13.5. The van der Waals surface area contributed by atoms with Gasteiger partial charge >= 0.3 is 6.18 Å². The average Bonchev–Trinajstić information content (AvgIpc) is 2.97. The first kappa shape index (κ1) is 11.4. The van der Waals surface area contributed by atoms with E-state index in [4.69, 9.17) is 4.74 Å². The first-order chi connectivity index (χ1) is 7.39. The molecule has 2 rings (SSSR count). The number of ether oxygens (including phenoxy) is 1. The van der Waals surface area contributed by atoms with Crippen LogP contribution < -0.4 is 0 Å². The first-order valence-corrected chi connectivity index (χ1v) is 4.81. The molecule has 0 unspecified atom stereocenters. The molecule has 0 N–H and O–H groups in total. The maximum atomic E-state index is 13.5. The van der Waals surface area contributed by atoms with Crippen LogP contribution in [0.15, 0.2) is 18.2 Å². The number of rotatable bonds is 2. The van der Waals surface area contributed by atoms with Crippen LogP contribution >= 0.6 is 0 Å². The highest BCUT2D eigenvalue weighted by atomic mass is 19.4. The van der Waals surface area contributed by atoms with Gasteiger partial charge in [-0.1, -0.05) is 6.07 Å². The standard InChI is InChI=1S/C11H10F4O/c1-16-10(4-5-10)8-3-2-7(6-9(8)12)11(13,14)15/h2-3,6H,4-5H2,1H3. The molecular formula is C11H10F4O. The third kappa shape index (κ3) is 1.80. The zero-order valence-electron chi connectivity index (χ0n) is 8.57. The van der Waals surface area contributed by atoms with Crippen LogP contribution in [0.1, 0.15) is 24.0 Å². The van der Waals surface area contributed by atoms with Crippen molar-refractivity contribution in [3.8, 4) is 0 Å². The van der Waals surface area contributed by atoms with Crippen LogP contribution in [0.4, 0.5) is 17.6 Å². The van der Waals surface area contributed by atoms with Crippen molar-refractivity contribution in [2.45, 2.75) is 24.6 Å². The van der Waals surface area contributed by atoms with E-state index in [2.05, 4.69) is 0 Å². The lowest BCUT2D eigenvalue weighted by Gasteiger charge is -2.16. The van der Waals surface area contributed by atoms with E-state index in [1.54, 1.807) is 0 Å². The average molecular weight is 234 g/mol.